The Balaban J connectivity index is 1.53. The largest absolute Gasteiger partial charge is 0.392 e. The second-order valence-electron chi connectivity index (χ2n) is 11.4. The molecular weight excluding hydrogens is 412 g/mol. The molecule has 2 fully saturated rings. The second-order valence-corrected chi connectivity index (χ2v) is 11.4. The zero-order chi connectivity index (χ0) is 24.1. The van der Waals surface area contributed by atoms with E-state index in [4.69, 9.17) is 4.74 Å². The number of ether oxygens (including phenoxy) is 1. The Bertz CT molecular complexity index is 878. The van der Waals surface area contributed by atoms with Crippen molar-refractivity contribution in [3.8, 4) is 0 Å². The zero-order valence-electron chi connectivity index (χ0n) is 21.2. The van der Waals surface area contributed by atoms with Crippen LogP contribution in [0.3, 0.4) is 0 Å². The van der Waals surface area contributed by atoms with Crippen LogP contribution in [0.1, 0.15) is 86.0 Å². The minimum absolute atomic E-state index is 0.213. The lowest BCUT2D eigenvalue weighted by Gasteiger charge is -2.57. The van der Waals surface area contributed by atoms with Crippen LogP contribution in [-0.2, 0) is 4.74 Å². The molecule has 0 amide bonds. The van der Waals surface area contributed by atoms with Crippen LogP contribution in [0.2, 0.25) is 0 Å². The molecule has 0 aromatic heterocycles. The van der Waals surface area contributed by atoms with Crippen LogP contribution in [0.15, 0.2) is 47.1 Å². The van der Waals surface area contributed by atoms with Crippen molar-refractivity contribution in [1.82, 2.24) is 0 Å². The summed E-state index contributed by atoms with van der Waals surface area (Å²) in [6.45, 7) is 11.0. The number of rotatable bonds is 7. The number of fused-ring (bicyclic) bond motifs is 5. The van der Waals surface area contributed by atoms with Crippen molar-refractivity contribution in [2.45, 2.75) is 103 Å². The standard InChI is InChI=1S/C29H44O4/c1-6-20-11-13-23-22-12-10-21-18-29(32,33-17-9-15-28(31,7-2)8-3)19-25(30)27(21,5)24(22)14-16-26(20,23)4/h9-12,15,23-25,30-32H,6-8,13-14,16-19H2,1-5H3/t23-,24+,25-,26+,27-,29-/m0/s1. The molecule has 0 saturated heterocycles. The first-order chi connectivity index (χ1) is 15.5. The lowest BCUT2D eigenvalue weighted by Crippen LogP contribution is -2.56. The van der Waals surface area contributed by atoms with Gasteiger partial charge in [0.25, 0.3) is 0 Å². The van der Waals surface area contributed by atoms with Gasteiger partial charge in [-0.25, -0.2) is 0 Å². The third-order valence-electron chi connectivity index (χ3n) is 9.91. The molecule has 0 heterocycles. The Hall–Kier alpha value is -1.20. The van der Waals surface area contributed by atoms with Crippen molar-refractivity contribution in [2.75, 3.05) is 6.61 Å². The predicted molar refractivity (Wildman–Crippen MR) is 132 cm³/mol. The zero-order valence-corrected chi connectivity index (χ0v) is 21.2. The molecule has 0 bridgehead atoms. The van der Waals surface area contributed by atoms with E-state index < -0.39 is 17.5 Å². The third-order valence-corrected chi connectivity index (χ3v) is 9.91. The molecule has 2 saturated carbocycles. The summed E-state index contributed by atoms with van der Waals surface area (Å²) in [5.74, 6) is -0.528. The van der Waals surface area contributed by atoms with Gasteiger partial charge in [-0.3, -0.25) is 0 Å². The van der Waals surface area contributed by atoms with Crippen molar-refractivity contribution >= 4 is 0 Å². The molecular formula is C29H44O4. The first-order valence-corrected chi connectivity index (χ1v) is 13.1. The number of hydrogen-bond acceptors (Lipinski definition) is 4. The lowest BCUT2D eigenvalue weighted by atomic mass is 9.49. The summed E-state index contributed by atoms with van der Waals surface area (Å²) in [6, 6.07) is 0. The van der Waals surface area contributed by atoms with E-state index >= 15 is 0 Å². The van der Waals surface area contributed by atoms with Crippen LogP contribution >= 0.6 is 0 Å². The molecule has 3 N–H and O–H groups in total. The number of hydrogen-bond donors (Lipinski definition) is 3. The molecule has 4 nitrogen and oxygen atoms in total. The van der Waals surface area contributed by atoms with Crippen LogP contribution in [0.4, 0.5) is 0 Å². The van der Waals surface area contributed by atoms with E-state index in [0.29, 0.717) is 31.1 Å². The summed E-state index contributed by atoms with van der Waals surface area (Å²) in [5.41, 5.74) is 3.28. The van der Waals surface area contributed by atoms with Gasteiger partial charge < -0.3 is 20.1 Å². The van der Waals surface area contributed by atoms with Gasteiger partial charge in [-0.05, 0) is 55.8 Å². The molecule has 0 aromatic rings. The molecule has 184 valence electrons. The summed E-state index contributed by atoms with van der Waals surface area (Å²) in [4.78, 5) is 0. The molecule has 4 aliphatic rings. The van der Waals surface area contributed by atoms with E-state index in [2.05, 4.69) is 39.0 Å². The maximum absolute atomic E-state index is 11.4. The fraction of sp³-hybridized carbons (Fsp3) is 0.724. The molecule has 33 heavy (non-hydrogen) atoms. The van der Waals surface area contributed by atoms with Crippen LogP contribution in [-0.4, -0.2) is 39.4 Å². The Labute approximate surface area is 200 Å². The van der Waals surface area contributed by atoms with Gasteiger partial charge in [0.1, 0.15) is 0 Å². The highest BCUT2D eigenvalue weighted by atomic mass is 16.6. The van der Waals surface area contributed by atoms with E-state index in [0.717, 1.165) is 31.3 Å². The topological polar surface area (TPSA) is 69.9 Å². The highest BCUT2D eigenvalue weighted by Crippen LogP contribution is 2.64. The van der Waals surface area contributed by atoms with Gasteiger partial charge in [-0.2, -0.15) is 0 Å². The second kappa shape index (κ2) is 8.78. The first-order valence-electron chi connectivity index (χ1n) is 13.1. The fourth-order valence-corrected chi connectivity index (χ4v) is 7.34. The summed E-state index contributed by atoms with van der Waals surface area (Å²) in [6.07, 6.45) is 16.2. The van der Waals surface area contributed by atoms with Gasteiger partial charge in [-0.15, -0.1) is 0 Å². The number of aliphatic hydroxyl groups is 3. The van der Waals surface area contributed by atoms with Crippen molar-refractivity contribution in [3.63, 3.8) is 0 Å². The molecule has 4 heteroatoms. The summed E-state index contributed by atoms with van der Waals surface area (Å²) >= 11 is 0. The highest BCUT2D eigenvalue weighted by Gasteiger charge is 2.58. The van der Waals surface area contributed by atoms with E-state index in [1.54, 1.807) is 17.7 Å². The Morgan fingerprint density at radius 2 is 1.88 bits per heavy atom. The Morgan fingerprint density at radius 3 is 2.55 bits per heavy atom. The molecule has 0 unspecified atom stereocenters. The number of allylic oxidation sites excluding steroid dienone is 5. The van der Waals surface area contributed by atoms with Crippen molar-refractivity contribution < 1.29 is 20.1 Å². The molecule has 0 aliphatic heterocycles. The van der Waals surface area contributed by atoms with Gasteiger partial charge in [0.2, 0.25) is 0 Å². The maximum atomic E-state index is 11.4. The van der Waals surface area contributed by atoms with Gasteiger partial charge in [0, 0.05) is 18.3 Å². The quantitative estimate of drug-likeness (QED) is 0.345. The van der Waals surface area contributed by atoms with Crippen LogP contribution in [0.25, 0.3) is 0 Å². The van der Waals surface area contributed by atoms with E-state index in [9.17, 15) is 15.3 Å². The maximum Gasteiger partial charge on any atom is 0.172 e. The molecule has 0 radical (unpaired) electrons. The summed E-state index contributed by atoms with van der Waals surface area (Å²) < 4.78 is 5.90. The average molecular weight is 457 g/mol. The SMILES string of the molecule is CCC1=CC[C@H]2C3=CC=C4C[C@](O)(OCC=CC(O)(CC)CC)C[C@H](O)[C@]4(C)[C@@H]3CC[C@]12C. The molecule has 6 atom stereocenters. The summed E-state index contributed by atoms with van der Waals surface area (Å²) in [5, 5.41) is 33.1. The van der Waals surface area contributed by atoms with Crippen molar-refractivity contribution in [2.24, 2.45) is 22.7 Å². The first kappa shape index (κ1) is 24.9. The van der Waals surface area contributed by atoms with Crippen LogP contribution in [0, 0.1) is 22.7 Å². The van der Waals surface area contributed by atoms with Crippen molar-refractivity contribution in [3.05, 3.63) is 47.1 Å². The van der Waals surface area contributed by atoms with Gasteiger partial charge in [0.05, 0.1) is 18.3 Å². The van der Waals surface area contributed by atoms with Crippen LogP contribution < -0.4 is 0 Å². The summed E-state index contributed by atoms with van der Waals surface area (Å²) in [7, 11) is 0. The van der Waals surface area contributed by atoms with Crippen molar-refractivity contribution in [1.29, 1.82) is 0 Å². The van der Waals surface area contributed by atoms with E-state index in [1.807, 2.05) is 13.8 Å². The molecule has 0 spiro atoms. The minimum Gasteiger partial charge on any atom is -0.392 e. The fourth-order valence-electron chi connectivity index (χ4n) is 7.34. The molecule has 4 aliphatic carbocycles. The van der Waals surface area contributed by atoms with E-state index in [-0.39, 0.29) is 23.9 Å². The predicted octanol–water partition coefficient (Wildman–Crippen LogP) is 5.60. The molecule has 4 rings (SSSR count). The van der Waals surface area contributed by atoms with E-state index in [1.165, 1.54) is 5.57 Å². The monoisotopic (exact) mass is 456 g/mol. The number of aliphatic hydroxyl groups excluding tert-OH is 1. The third kappa shape index (κ3) is 4.01. The van der Waals surface area contributed by atoms with Gasteiger partial charge in [0.15, 0.2) is 5.79 Å². The molecule has 0 aromatic carbocycles. The Morgan fingerprint density at radius 1 is 1.15 bits per heavy atom. The Kier molecular flexibility index (Phi) is 6.63. The van der Waals surface area contributed by atoms with Gasteiger partial charge >= 0.3 is 0 Å². The minimum atomic E-state index is -1.38. The highest BCUT2D eigenvalue weighted by molar-refractivity contribution is 5.43. The lowest BCUT2D eigenvalue weighted by molar-refractivity contribution is -0.237. The normalized spacial score (nSPS) is 40.6. The van der Waals surface area contributed by atoms with Crippen LogP contribution in [0.5, 0.6) is 0 Å². The van der Waals surface area contributed by atoms with Gasteiger partial charge in [-0.1, -0.05) is 81.7 Å². The average Bonchev–Trinajstić information content (AvgIpc) is 3.14. The smallest absolute Gasteiger partial charge is 0.172 e.